The van der Waals surface area contributed by atoms with Crippen LogP contribution in [0.2, 0.25) is 0 Å². The molecule has 0 bridgehead atoms. The topological polar surface area (TPSA) is 20.3 Å². The van der Waals surface area contributed by atoms with Crippen molar-refractivity contribution in [1.29, 1.82) is 0 Å². The molecule has 1 fully saturated rings. The second-order valence-corrected chi connectivity index (χ2v) is 5.88. The molecule has 0 saturated heterocycles. The van der Waals surface area contributed by atoms with Gasteiger partial charge in [-0.1, -0.05) is 19.3 Å². The van der Waals surface area contributed by atoms with E-state index in [0.29, 0.717) is 24.6 Å². The van der Waals surface area contributed by atoms with Gasteiger partial charge in [-0.25, -0.2) is 4.39 Å². The number of alkyl halides is 3. The van der Waals surface area contributed by atoms with Gasteiger partial charge in [0.15, 0.2) is 0 Å². The van der Waals surface area contributed by atoms with Crippen LogP contribution in [0.25, 0.3) is 0 Å². The first-order valence-electron chi connectivity index (χ1n) is 7.41. The molecule has 1 aromatic carbocycles. The first kappa shape index (κ1) is 16.8. The first-order valence-corrected chi connectivity index (χ1v) is 7.41. The highest BCUT2D eigenvalue weighted by molar-refractivity contribution is 5.94. The summed E-state index contributed by atoms with van der Waals surface area (Å²) >= 11 is 0. The van der Waals surface area contributed by atoms with Gasteiger partial charge in [-0.05, 0) is 37.0 Å². The normalized spacial score (nSPS) is 16.6. The van der Waals surface area contributed by atoms with E-state index in [1.807, 2.05) is 0 Å². The average Bonchev–Trinajstić information content (AvgIpc) is 2.47. The van der Waals surface area contributed by atoms with Crippen molar-refractivity contribution >= 4 is 5.91 Å². The molecular weight excluding hydrogens is 298 g/mol. The van der Waals surface area contributed by atoms with E-state index < -0.39 is 23.5 Å². The lowest BCUT2D eigenvalue weighted by molar-refractivity contribution is -0.140. The maximum atomic E-state index is 13.3. The van der Waals surface area contributed by atoms with Gasteiger partial charge in [-0.15, -0.1) is 0 Å². The van der Waals surface area contributed by atoms with E-state index in [-0.39, 0.29) is 5.56 Å². The molecule has 1 aliphatic rings. The van der Waals surface area contributed by atoms with Gasteiger partial charge >= 0.3 is 6.18 Å². The number of amides is 1. The van der Waals surface area contributed by atoms with E-state index in [9.17, 15) is 22.4 Å². The molecular formula is C16H19F4NO. The zero-order chi connectivity index (χ0) is 16.3. The molecule has 0 radical (unpaired) electrons. The summed E-state index contributed by atoms with van der Waals surface area (Å²) in [6.45, 7) is 0.525. The van der Waals surface area contributed by atoms with Crippen molar-refractivity contribution in [1.82, 2.24) is 4.90 Å². The summed E-state index contributed by atoms with van der Waals surface area (Å²) in [5.41, 5.74) is -1.53. The fraction of sp³-hybridized carbons (Fsp3) is 0.562. The van der Waals surface area contributed by atoms with Gasteiger partial charge in [0.25, 0.3) is 5.91 Å². The van der Waals surface area contributed by atoms with Crippen molar-refractivity contribution in [3.05, 3.63) is 35.1 Å². The molecule has 1 aliphatic carbocycles. The molecule has 0 aromatic heterocycles. The van der Waals surface area contributed by atoms with Crippen LogP contribution in [-0.4, -0.2) is 24.4 Å². The van der Waals surface area contributed by atoms with Crippen LogP contribution in [0.15, 0.2) is 18.2 Å². The Bertz CT molecular complexity index is 535. The van der Waals surface area contributed by atoms with Crippen molar-refractivity contribution in [2.45, 2.75) is 38.3 Å². The quantitative estimate of drug-likeness (QED) is 0.752. The number of nitrogens with zero attached hydrogens (tertiary/aromatic N) is 1. The molecule has 0 atom stereocenters. The number of benzene rings is 1. The zero-order valence-electron chi connectivity index (χ0n) is 12.4. The van der Waals surface area contributed by atoms with E-state index in [4.69, 9.17) is 0 Å². The van der Waals surface area contributed by atoms with E-state index in [1.54, 1.807) is 7.05 Å². The summed E-state index contributed by atoms with van der Waals surface area (Å²) in [5.74, 6) is -1.47. The van der Waals surface area contributed by atoms with Gasteiger partial charge in [0.2, 0.25) is 0 Å². The van der Waals surface area contributed by atoms with Crippen molar-refractivity contribution in [2.24, 2.45) is 5.92 Å². The lowest BCUT2D eigenvalue weighted by Crippen LogP contribution is -2.32. The Labute approximate surface area is 127 Å². The maximum Gasteiger partial charge on any atom is 0.419 e. The van der Waals surface area contributed by atoms with Crippen molar-refractivity contribution in [2.75, 3.05) is 13.6 Å². The lowest BCUT2D eigenvalue weighted by Gasteiger charge is -2.27. The average molecular weight is 317 g/mol. The van der Waals surface area contributed by atoms with Crippen LogP contribution in [0, 0.1) is 11.7 Å². The molecule has 2 rings (SSSR count). The summed E-state index contributed by atoms with van der Waals surface area (Å²) in [6, 6.07) is 2.39. The fourth-order valence-electron chi connectivity index (χ4n) is 2.94. The number of carbonyl (C=O) groups excluding carboxylic acids is 1. The Hall–Kier alpha value is -1.59. The molecule has 1 aromatic rings. The van der Waals surface area contributed by atoms with Crippen LogP contribution in [0.4, 0.5) is 17.6 Å². The van der Waals surface area contributed by atoms with Crippen LogP contribution in [0.5, 0.6) is 0 Å². The number of hydrogen-bond acceptors (Lipinski definition) is 1. The van der Waals surface area contributed by atoms with E-state index in [1.165, 1.54) is 11.3 Å². The van der Waals surface area contributed by atoms with Crippen molar-refractivity contribution < 1.29 is 22.4 Å². The van der Waals surface area contributed by atoms with Gasteiger partial charge < -0.3 is 4.90 Å². The molecule has 22 heavy (non-hydrogen) atoms. The Balaban J connectivity index is 2.11. The van der Waals surface area contributed by atoms with Gasteiger partial charge in [0, 0.05) is 19.2 Å². The number of halogens is 4. The van der Waals surface area contributed by atoms with Crippen LogP contribution >= 0.6 is 0 Å². The molecule has 0 aliphatic heterocycles. The smallest absolute Gasteiger partial charge is 0.341 e. The summed E-state index contributed by atoms with van der Waals surface area (Å²) in [5, 5.41) is 0. The molecule has 0 spiro atoms. The van der Waals surface area contributed by atoms with Crippen molar-refractivity contribution in [3.8, 4) is 0 Å². The Kier molecular flexibility index (Phi) is 5.08. The predicted molar refractivity (Wildman–Crippen MR) is 74.9 cm³/mol. The van der Waals surface area contributed by atoms with Gasteiger partial charge in [-0.2, -0.15) is 13.2 Å². The van der Waals surface area contributed by atoms with E-state index in [0.717, 1.165) is 31.7 Å². The number of rotatable bonds is 3. The van der Waals surface area contributed by atoms with Crippen LogP contribution in [0.1, 0.15) is 48.0 Å². The van der Waals surface area contributed by atoms with Crippen LogP contribution < -0.4 is 0 Å². The molecule has 122 valence electrons. The third kappa shape index (κ3) is 3.99. The summed E-state index contributed by atoms with van der Waals surface area (Å²) in [4.78, 5) is 13.7. The van der Waals surface area contributed by atoms with Crippen LogP contribution in [-0.2, 0) is 6.18 Å². The van der Waals surface area contributed by atoms with Gasteiger partial charge in [0.1, 0.15) is 5.82 Å². The molecule has 1 amide bonds. The lowest BCUT2D eigenvalue weighted by atomic mass is 9.89. The van der Waals surface area contributed by atoms with Crippen molar-refractivity contribution in [3.63, 3.8) is 0 Å². The SMILES string of the molecule is CN(CC1CCCCC1)C(=O)c1ccc(F)c(C(F)(F)F)c1. The molecule has 2 nitrogen and oxygen atoms in total. The largest absolute Gasteiger partial charge is 0.419 e. The Morgan fingerprint density at radius 2 is 1.86 bits per heavy atom. The van der Waals surface area contributed by atoms with E-state index >= 15 is 0 Å². The van der Waals surface area contributed by atoms with Gasteiger partial charge in [0.05, 0.1) is 5.56 Å². The van der Waals surface area contributed by atoms with E-state index in [2.05, 4.69) is 0 Å². The Morgan fingerprint density at radius 3 is 2.45 bits per heavy atom. The second-order valence-electron chi connectivity index (χ2n) is 5.88. The minimum absolute atomic E-state index is 0.132. The van der Waals surface area contributed by atoms with Gasteiger partial charge in [-0.3, -0.25) is 4.79 Å². The number of carbonyl (C=O) groups is 1. The monoisotopic (exact) mass is 317 g/mol. The second kappa shape index (κ2) is 6.67. The molecule has 1 saturated carbocycles. The zero-order valence-corrected chi connectivity index (χ0v) is 12.4. The van der Waals surface area contributed by atoms with Crippen LogP contribution in [0.3, 0.4) is 0 Å². The summed E-state index contributed by atoms with van der Waals surface area (Å²) < 4.78 is 51.4. The Morgan fingerprint density at radius 1 is 1.23 bits per heavy atom. The molecule has 0 unspecified atom stereocenters. The third-order valence-electron chi connectivity index (χ3n) is 4.12. The fourth-order valence-corrected chi connectivity index (χ4v) is 2.94. The highest BCUT2D eigenvalue weighted by Gasteiger charge is 2.35. The standard InChI is InChI=1S/C16H19F4NO/c1-21(10-11-5-3-2-4-6-11)15(22)12-7-8-14(17)13(9-12)16(18,19)20/h7-9,11H,2-6,10H2,1H3. The highest BCUT2D eigenvalue weighted by atomic mass is 19.4. The minimum Gasteiger partial charge on any atom is -0.341 e. The first-order chi connectivity index (χ1) is 10.3. The minimum atomic E-state index is -4.80. The molecule has 0 N–H and O–H groups in total. The predicted octanol–water partition coefficient (Wildman–Crippen LogP) is 4.50. The highest BCUT2D eigenvalue weighted by Crippen LogP contribution is 2.32. The summed E-state index contributed by atoms with van der Waals surface area (Å²) in [6.07, 6.45) is 0.718. The maximum absolute atomic E-state index is 13.3. The summed E-state index contributed by atoms with van der Waals surface area (Å²) in [7, 11) is 1.58. The molecule has 6 heteroatoms. The third-order valence-corrected chi connectivity index (χ3v) is 4.12. The number of hydrogen-bond donors (Lipinski definition) is 0. The molecule has 0 heterocycles.